The molecule has 1 aromatic carbocycles. The minimum Gasteiger partial charge on any atom is -0.409 e. The van der Waals surface area contributed by atoms with Gasteiger partial charge >= 0.3 is 0 Å². The highest BCUT2D eigenvalue weighted by Gasteiger charge is 2.08. The van der Waals surface area contributed by atoms with Crippen LogP contribution in [0.4, 0.5) is 5.69 Å². The van der Waals surface area contributed by atoms with E-state index < -0.39 is 0 Å². The Labute approximate surface area is 102 Å². The third-order valence-electron chi connectivity index (χ3n) is 2.48. The summed E-state index contributed by atoms with van der Waals surface area (Å²) in [6.45, 7) is 2.04. The predicted octanol–water partition coefficient (Wildman–Crippen LogP) is 1.99. The van der Waals surface area contributed by atoms with Crippen molar-refractivity contribution in [2.24, 2.45) is 10.9 Å². The molecule has 1 atom stereocenters. The largest absolute Gasteiger partial charge is 0.409 e. The fourth-order valence-corrected chi connectivity index (χ4v) is 1.53. The van der Waals surface area contributed by atoms with E-state index in [1.54, 1.807) is 0 Å². The minimum atomic E-state index is 0.124. The van der Waals surface area contributed by atoms with Gasteiger partial charge in [0.2, 0.25) is 0 Å². The lowest BCUT2D eigenvalue weighted by atomic mass is 10.1. The SMILES string of the molecule is C#Cc1cccc(NC(CC)CC(N)=NO)c1. The molecule has 4 nitrogen and oxygen atoms in total. The Morgan fingerprint density at radius 2 is 2.41 bits per heavy atom. The number of hydrogen-bond donors (Lipinski definition) is 3. The molecule has 0 saturated heterocycles. The average molecular weight is 231 g/mol. The monoisotopic (exact) mass is 231 g/mol. The normalized spacial score (nSPS) is 12.8. The number of hydrogen-bond acceptors (Lipinski definition) is 3. The first-order valence-electron chi connectivity index (χ1n) is 5.49. The van der Waals surface area contributed by atoms with E-state index in [0.29, 0.717) is 6.42 Å². The molecule has 0 radical (unpaired) electrons. The zero-order valence-corrected chi connectivity index (χ0v) is 9.85. The van der Waals surface area contributed by atoms with Gasteiger partial charge in [-0.15, -0.1) is 6.42 Å². The Hall–Kier alpha value is -2.15. The molecule has 0 bridgehead atoms. The van der Waals surface area contributed by atoms with Crippen LogP contribution in [-0.4, -0.2) is 17.1 Å². The van der Waals surface area contributed by atoms with E-state index in [1.807, 2.05) is 31.2 Å². The zero-order chi connectivity index (χ0) is 12.7. The van der Waals surface area contributed by atoms with Crippen molar-refractivity contribution in [3.63, 3.8) is 0 Å². The maximum Gasteiger partial charge on any atom is 0.141 e. The van der Waals surface area contributed by atoms with Crippen LogP contribution in [0.5, 0.6) is 0 Å². The molecule has 0 fully saturated rings. The van der Waals surface area contributed by atoms with Crippen LogP contribution >= 0.6 is 0 Å². The molecule has 0 spiro atoms. The van der Waals surface area contributed by atoms with Crippen LogP contribution in [0.25, 0.3) is 0 Å². The maximum atomic E-state index is 8.54. The summed E-state index contributed by atoms with van der Waals surface area (Å²) >= 11 is 0. The van der Waals surface area contributed by atoms with Crippen LogP contribution < -0.4 is 11.1 Å². The van der Waals surface area contributed by atoms with Gasteiger partial charge in [0.25, 0.3) is 0 Å². The Balaban J connectivity index is 2.70. The number of anilines is 1. The summed E-state index contributed by atoms with van der Waals surface area (Å²) in [6, 6.07) is 7.73. The van der Waals surface area contributed by atoms with Gasteiger partial charge in [-0.1, -0.05) is 24.1 Å². The molecular weight excluding hydrogens is 214 g/mol. The van der Waals surface area contributed by atoms with Crippen LogP contribution in [0.15, 0.2) is 29.4 Å². The summed E-state index contributed by atoms with van der Waals surface area (Å²) in [6.07, 6.45) is 6.70. The molecule has 90 valence electrons. The molecule has 0 aliphatic heterocycles. The third kappa shape index (κ3) is 4.07. The van der Waals surface area contributed by atoms with Gasteiger partial charge in [0.15, 0.2) is 0 Å². The summed E-state index contributed by atoms with van der Waals surface area (Å²) in [5.41, 5.74) is 7.26. The smallest absolute Gasteiger partial charge is 0.141 e. The predicted molar refractivity (Wildman–Crippen MR) is 70.1 cm³/mol. The number of amidine groups is 1. The number of nitrogens with one attached hydrogen (secondary N) is 1. The highest BCUT2D eigenvalue weighted by molar-refractivity contribution is 5.80. The van der Waals surface area contributed by atoms with Crippen molar-refractivity contribution in [1.82, 2.24) is 0 Å². The van der Waals surface area contributed by atoms with E-state index >= 15 is 0 Å². The van der Waals surface area contributed by atoms with E-state index in [4.69, 9.17) is 17.4 Å². The quantitative estimate of drug-likeness (QED) is 0.239. The second-order valence-electron chi connectivity index (χ2n) is 3.77. The lowest BCUT2D eigenvalue weighted by Gasteiger charge is -2.17. The summed E-state index contributed by atoms with van der Waals surface area (Å²) in [4.78, 5) is 0. The Morgan fingerprint density at radius 3 is 3.00 bits per heavy atom. The summed E-state index contributed by atoms with van der Waals surface area (Å²) < 4.78 is 0. The fourth-order valence-electron chi connectivity index (χ4n) is 1.53. The Kier molecular flexibility index (Phi) is 4.89. The molecule has 1 aromatic rings. The average Bonchev–Trinajstić information content (AvgIpc) is 2.37. The second kappa shape index (κ2) is 6.44. The van der Waals surface area contributed by atoms with Gasteiger partial charge in [-0.25, -0.2) is 0 Å². The number of terminal acetylenes is 1. The number of rotatable bonds is 5. The van der Waals surface area contributed by atoms with E-state index in [9.17, 15) is 0 Å². The number of benzene rings is 1. The van der Waals surface area contributed by atoms with Crippen LogP contribution in [0.3, 0.4) is 0 Å². The maximum absolute atomic E-state index is 8.54. The highest BCUT2D eigenvalue weighted by Crippen LogP contribution is 2.13. The lowest BCUT2D eigenvalue weighted by Crippen LogP contribution is -2.26. The second-order valence-corrected chi connectivity index (χ2v) is 3.77. The van der Waals surface area contributed by atoms with Crippen LogP contribution in [-0.2, 0) is 0 Å². The highest BCUT2D eigenvalue weighted by atomic mass is 16.4. The van der Waals surface area contributed by atoms with Gasteiger partial charge in [0.1, 0.15) is 5.84 Å². The molecule has 0 heterocycles. The molecule has 1 rings (SSSR count). The molecule has 17 heavy (non-hydrogen) atoms. The van der Waals surface area contributed by atoms with Crippen molar-refractivity contribution in [2.75, 3.05) is 5.32 Å². The topological polar surface area (TPSA) is 70.6 Å². The number of nitrogens with two attached hydrogens (primary N) is 1. The minimum absolute atomic E-state index is 0.124. The van der Waals surface area contributed by atoms with E-state index in [2.05, 4.69) is 16.4 Å². The summed E-state index contributed by atoms with van der Waals surface area (Å²) in [7, 11) is 0. The Bertz CT molecular complexity index is 435. The van der Waals surface area contributed by atoms with Gasteiger partial charge < -0.3 is 16.3 Å². The zero-order valence-electron chi connectivity index (χ0n) is 9.85. The van der Waals surface area contributed by atoms with Crippen molar-refractivity contribution in [3.05, 3.63) is 29.8 Å². The fraction of sp³-hybridized carbons (Fsp3) is 0.308. The molecule has 0 saturated carbocycles. The van der Waals surface area contributed by atoms with E-state index in [1.165, 1.54) is 0 Å². The molecule has 0 aromatic heterocycles. The van der Waals surface area contributed by atoms with Gasteiger partial charge in [-0.3, -0.25) is 0 Å². The molecule has 1 unspecified atom stereocenters. The van der Waals surface area contributed by atoms with Crippen molar-refractivity contribution in [2.45, 2.75) is 25.8 Å². The molecular formula is C13H17N3O. The molecule has 0 amide bonds. The van der Waals surface area contributed by atoms with Crippen molar-refractivity contribution >= 4 is 11.5 Å². The van der Waals surface area contributed by atoms with Crippen molar-refractivity contribution in [3.8, 4) is 12.3 Å². The van der Waals surface area contributed by atoms with Crippen LogP contribution in [0, 0.1) is 12.3 Å². The molecule has 0 aliphatic carbocycles. The molecule has 0 aliphatic rings. The first-order valence-corrected chi connectivity index (χ1v) is 5.49. The van der Waals surface area contributed by atoms with Crippen molar-refractivity contribution in [1.29, 1.82) is 0 Å². The van der Waals surface area contributed by atoms with Gasteiger partial charge in [-0.2, -0.15) is 0 Å². The van der Waals surface area contributed by atoms with Crippen LogP contribution in [0.2, 0.25) is 0 Å². The van der Waals surface area contributed by atoms with E-state index in [0.717, 1.165) is 17.7 Å². The lowest BCUT2D eigenvalue weighted by molar-refractivity contribution is 0.316. The molecule has 4 N–H and O–H groups in total. The standard InChI is InChI=1S/C13H17N3O/c1-3-10-6-5-7-12(8-10)15-11(4-2)9-13(14)16-17/h1,5-8,11,15,17H,4,9H2,2H3,(H2,14,16). The van der Waals surface area contributed by atoms with Crippen LogP contribution in [0.1, 0.15) is 25.3 Å². The van der Waals surface area contributed by atoms with E-state index in [-0.39, 0.29) is 11.9 Å². The Morgan fingerprint density at radius 1 is 1.65 bits per heavy atom. The van der Waals surface area contributed by atoms with Gasteiger partial charge in [0.05, 0.1) is 0 Å². The molecule has 4 heteroatoms. The third-order valence-corrected chi connectivity index (χ3v) is 2.48. The first-order chi connectivity index (χ1) is 8.19. The summed E-state index contributed by atoms with van der Waals surface area (Å²) in [5, 5.41) is 14.8. The van der Waals surface area contributed by atoms with Gasteiger partial charge in [0, 0.05) is 23.7 Å². The van der Waals surface area contributed by atoms with Crippen molar-refractivity contribution < 1.29 is 5.21 Å². The summed E-state index contributed by atoms with van der Waals surface area (Å²) in [5.74, 6) is 2.80. The number of nitrogens with zero attached hydrogens (tertiary/aromatic N) is 1. The van der Waals surface area contributed by atoms with Gasteiger partial charge in [-0.05, 0) is 24.6 Å². The number of oxime groups is 1. The first kappa shape index (κ1) is 12.9.